The Hall–Kier alpha value is -4.21. The topological polar surface area (TPSA) is 110 Å². The summed E-state index contributed by atoms with van der Waals surface area (Å²) in [5.41, 5.74) is 1.99. The van der Waals surface area contributed by atoms with E-state index in [0.717, 1.165) is 36.2 Å². The highest BCUT2D eigenvalue weighted by atomic mass is 16.5. The number of ether oxygens (including phenoxy) is 3. The molecule has 3 N–H and O–H groups in total. The van der Waals surface area contributed by atoms with Crippen molar-refractivity contribution in [2.24, 2.45) is 0 Å². The largest absolute Gasteiger partial charge is 0.493 e. The van der Waals surface area contributed by atoms with Crippen molar-refractivity contribution in [2.45, 2.75) is 19.8 Å². The molecule has 1 aliphatic rings. The van der Waals surface area contributed by atoms with Gasteiger partial charge in [0.15, 0.2) is 11.5 Å². The first-order valence-corrected chi connectivity index (χ1v) is 11.3. The van der Waals surface area contributed by atoms with Crippen molar-refractivity contribution in [3.05, 3.63) is 48.3 Å². The molecule has 184 valence electrons. The molecule has 0 radical (unpaired) electrons. The number of methoxy groups -OCH3 is 3. The molecule has 0 aliphatic carbocycles. The molecule has 0 atom stereocenters. The minimum atomic E-state index is -0.401. The summed E-state index contributed by atoms with van der Waals surface area (Å²) >= 11 is 0. The van der Waals surface area contributed by atoms with Gasteiger partial charge in [0.2, 0.25) is 5.75 Å². The molecular weight excluding hydrogens is 448 g/mol. The number of rotatable bonds is 8. The third-order valence-electron chi connectivity index (χ3n) is 5.59. The molecule has 3 aromatic rings. The van der Waals surface area contributed by atoms with Crippen LogP contribution in [0.2, 0.25) is 0 Å². The first-order valence-electron chi connectivity index (χ1n) is 11.3. The summed E-state index contributed by atoms with van der Waals surface area (Å²) in [5.74, 6) is 3.75. The third kappa shape index (κ3) is 5.84. The summed E-state index contributed by atoms with van der Waals surface area (Å²) in [6.45, 7) is 3.94. The molecule has 0 bridgehead atoms. The van der Waals surface area contributed by atoms with Crippen LogP contribution in [0.3, 0.4) is 0 Å². The van der Waals surface area contributed by atoms with Crippen LogP contribution in [0.25, 0.3) is 0 Å². The molecule has 0 unspecified atom stereocenters. The average molecular weight is 479 g/mol. The van der Waals surface area contributed by atoms with Gasteiger partial charge in [0.25, 0.3) is 0 Å². The van der Waals surface area contributed by atoms with Gasteiger partial charge in [-0.15, -0.1) is 0 Å². The molecule has 1 fully saturated rings. The Labute approximate surface area is 204 Å². The van der Waals surface area contributed by atoms with Gasteiger partial charge in [0, 0.05) is 42.7 Å². The molecule has 1 aromatic heterocycles. The lowest BCUT2D eigenvalue weighted by atomic mass is 10.2. The van der Waals surface area contributed by atoms with Gasteiger partial charge < -0.3 is 35.1 Å². The van der Waals surface area contributed by atoms with E-state index in [1.165, 1.54) is 34.2 Å². The summed E-state index contributed by atoms with van der Waals surface area (Å²) < 4.78 is 16.0. The molecule has 2 amide bonds. The van der Waals surface area contributed by atoms with Gasteiger partial charge in [-0.05, 0) is 44.0 Å². The predicted molar refractivity (Wildman–Crippen MR) is 137 cm³/mol. The van der Waals surface area contributed by atoms with E-state index in [0.29, 0.717) is 28.6 Å². The minimum absolute atomic E-state index is 0.401. The Balaban J connectivity index is 1.39. The van der Waals surface area contributed by atoms with Gasteiger partial charge in [-0.1, -0.05) is 0 Å². The number of nitrogens with one attached hydrogen (secondary N) is 3. The van der Waals surface area contributed by atoms with Crippen LogP contribution in [0.5, 0.6) is 17.2 Å². The van der Waals surface area contributed by atoms with Crippen molar-refractivity contribution in [2.75, 3.05) is 55.3 Å². The second kappa shape index (κ2) is 10.8. The maximum absolute atomic E-state index is 12.5. The fourth-order valence-electron chi connectivity index (χ4n) is 3.96. The van der Waals surface area contributed by atoms with E-state index in [9.17, 15) is 4.79 Å². The van der Waals surface area contributed by atoms with Gasteiger partial charge in [0.05, 0.1) is 27.0 Å². The molecule has 10 heteroatoms. The first-order chi connectivity index (χ1) is 17.0. The zero-order valence-corrected chi connectivity index (χ0v) is 20.3. The smallest absolute Gasteiger partial charge is 0.323 e. The number of benzene rings is 2. The maximum Gasteiger partial charge on any atom is 0.323 e. The first kappa shape index (κ1) is 23.9. The fourth-order valence-corrected chi connectivity index (χ4v) is 3.96. The molecule has 2 heterocycles. The van der Waals surface area contributed by atoms with Gasteiger partial charge in [-0.2, -0.15) is 0 Å². The van der Waals surface area contributed by atoms with Crippen LogP contribution in [-0.2, 0) is 0 Å². The predicted octanol–water partition coefficient (Wildman–Crippen LogP) is 4.80. The van der Waals surface area contributed by atoms with Crippen LogP contribution in [0.15, 0.2) is 42.5 Å². The zero-order valence-electron chi connectivity index (χ0n) is 20.3. The van der Waals surface area contributed by atoms with Crippen LogP contribution >= 0.6 is 0 Å². The average Bonchev–Trinajstić information content (AvgIpc) is 3.39. The molecule has 4 rings (SSSR count). The van der Waals surface area contributed by atoms with E-state index in [1.54, 1.807) is 12.1 Å². The van der Waals surface area contributed by atoms with E-state index in [2.05, 4.69) is 30.8 Å². The highest BCUT2D eigenvalue weighted by Crippen LogP contribution is 2.40. The van der Waals surface area contributed by atoms with Gasteiger partial charge >= 0.3 is 6.03 Å². The molecule has 35 heavy (non-hydrogen) atoms. The van der Waals surface area contributed by atoms with Crippen molar-refractivity contribution >= 4 is 34.7 Å². The number of hydrogen-bond donors (Lipinski definition) is 3. The number of aromatic nitrogens is 2. The fraction of sp³-hybridized carbons (Fsp3) is 0.320. The van der Waals surface area contributed by atoms with Crippen molar-refractivity contribution in [3.63, 3.8) is 0 Å². The third-order valence-corrected chi connectivity index (χ3v) is 5.59. The van der Waals surface area contributed by atoms with Crippen molar-refractivity contribution in [3.8, 4) is 17.2 Å². The Morgan fingerprint density at radius 3 is 2.03 bits per heavy atom. The summed E-state index contributed by atoms with van der Waals surface area (Å²) in [6.07, 6.45) is 2.38. The maximum atomic E-state index is 12.5. The zero-order chi connectivity index (χ0) is 24.8. The number of amides is 2. The molecule has 1 saturated heterocycles. The Kier molecular flexibility index (Phi) is 7.39. The monoisotopic (exact) mass is 478 g/mol. The molecule has 10 nitrogen and oxygen atoms in total. The summed E-state index contributed by atoms with van der Waals surface area (Å²) in [6, 6.07) is 12.3. The lowest BCUT2D eigenvalue weighted by molar-refractivity contribution is 0.262. The van der Waals surface area contributed by atoms with Crippen LogP contribution in [0.4, 0.5) is 33.5 Å². The molecule has 2 aromatic carbocycles. The standard InChI is InChI=1S/C25H30N6O4/c1-16-26-22(15-23(27-16)31-11-5-6-12-31)28-17-7-9-18(10-8-17)29-25(32)30-19-13-20(33-2)24(35-4)21(14-19)34-3/h7-10,13-15H,5-6,11-12H2,1-4H3,(H,26,27,28)(H2,29,30,32). The number of nitrogens with zero attached hydrogens (tertiary/aromatic N) is 3. The van der Waals surface area contributed by atoms with Gasteiger partial charge in [-0.3, -0.25) is 0 Å². The minimum Gasteiger partial charge on any atom is -0.493 e. The Morgan fingerprint density at radius 2 is 1.43 bits per heavy atom. The lowest BCUT2D eigenvalue weighted by Crippen LogP contribution is -2.20. The van der Waals surface area contributed by atoms with E-state index >= 15 is 0 Å². The van der Waals surface area contributed by atoms with E-state index in [4.69, 9.17) is 14.2 Å². The van der Waals surface area contributed by atoms with Crippen LogP contribution in [-0.4, -0.2) is 50.4 Å². The number of carbonyl (C=O) groups is 1. The second-order valence-corrected chi connectivity index (χ2v) is 8.05. The molecule has 0 saturated carbocycles. The highest BCUT2D eigenvalue weighted by molar-refractivity contribution is 6.00. The summed E-state index contributed by atoms with van der Waals surface area (Å²) in [4.78, 5) is 23.9. The second-order valence-electron chi connectivity index (χ2n) is 8.05. The van der Waals surface area contributed by atoms with Gasteiger partial charge in [0.1, 0.15) is 17.5 Å². The number of urea groups is 1. The van der Waals surface area contributed by atoms with Crippen molar-refractivity contribution in [1.82, 2.24) is 9.97 Å². The number of carbonyl (C=O) groups excluding carboxylic acids is 1. The Bertz CT molecular complexity index is 1150. The van der Waals surface area contributed by atoms with Gasteiger partial charge in [-0.25, -0.2) is 14.8 Å². The number of aryl methyl sites for hydroxylation is 1. The molecule has 0 spiro atoms. The number of hydrogen-bond acceptors (Lipinski definition) is 8. The van der Waals surface area contributed by atoms with E-state index in [1.807, 2.05) is 37.3 Å². The van der Waals surface area contributed by atoms with Crippen molar-refractivity contribution in [1.29, 1.82) is 0 Å². The van der Waals surface area contributed by atoms with Crippen LogP contribution in [0.1, 0.15) is 18.7 Å². The van der Waals surface area contributed by atoms with Crippen molar-refractivity contribution < 1.29 is 19.0 Å². The van der Waals surface area contributed by atoms with Crippen LogP contribution < -0.4 is 35.1 Å². The van der Waals surface area contributed by atoms with E-state index < -0.39 is 6.03 Å². The highest BCUT2D eigenvalue weighted by Gasteiger charge is 2.16. The lowest BCUT2D eigenvalue weighted by Gasteiger charge is -2.18. The SMILES string of the molecule is COc1cc(NC(=O)Nc2ccc(Nc3cc(N4CCCC4)nc(C)n3)cc2)cc(OC)c1OC. The quantitative estimate of drug-likeness (QED) is 0.424. The molecule has 1 aliphatic heterocycles. The molecular formula is C25H30N6O4. The van der Waals surface area contributed by atoms with E-state index in [-0.39, 0.29) is 0 Å². The number of anilines is 5. The normalized spacial score (nSPS) is 12.7. The Morgan fingerprint density at radius 1 is 0.829 bits per heavy atom. The summed E-state index contributed by atoms with van der Waals surface area (Å²) in [7, 11) is 4.57. The van der Waals surface area contributed by atoms with Crippen LogP contribution in [0, 0.1) is 6.92 Å². The summed E-state index contributed by atoms with van der Waals surface area (Å²) in [5, 5.41) is 8.92.